The third-order valence-corrected chi connectivity index (χ3v) is 3.09. The lowest BCUT2D eigenvalue weighted by Gasteiger charge is -2.20. The lowest BCUT2D eigenvalue weighted by Crippen LogP contribution is -2.38. The summed E-state index contributed by atoms with van der Waals surface area (Å²) in [6, 6.07) is 3.92. The molecule has 0 fully saturated rings. The zero-order valence-electron chi connectivity index (χ0n) is 12.0. The maximum atomic E-state index is 12.0. The van der Waals surface area contributed by atoms with E-state index in [2.05, 4.69) is 17.2 Å². The van der Waals surface area contributed by atoms with Crippen molar-refractivity contribution in [3.63, 3.8) is 0 Å². The molecule has 0 saturated heterocycles. The fourth-order valence-electron chi connectivity index (χ4n) is 1.60. The third-order valence-electron chi connectivity index (χ3n) is 3.09. The number of amides is 2. The SMILES string of the molecule is CC/C(C)=C/NC(=O)N(CC)CCc1ccncc1. The maximum Gasteiger partial charge on any atom is 0.321 e. The summed E-state index contributed by atoms with van der Waals surface area (Å²) in [6.07, 6.45) is 7.14. The molecule has 1 heterocycles. The Morgan fingerprint density at radius 1 is 1.37 bits per heavy atom. The van der Waals surface area contributed by atoms with Crippen LogP contribution in [0.15, 0.2) is 36.3 Å². The number of carbonyl (C=O) groups is 1. The van der Waals surface area contributed by atoms with Gasteiger partial charge in [0.15, 0.2) is 0 Å². The topological polar surface area (TPSA) is 45.2 Å². The number of pyridine rings is 1. The average molecular weight is 261 g/mol. The van der Waals surface area contributed by atoms with Gasteiger partial charge in [0.25, 0.3) is 0 Å². The van der Waals surface area contributed by atoms with Crippen LogP contribution in [0.25, 0.3) is 0 Å². The molecule has 0 aliphatic rings. The van der Waals surface area contributed by atoms with Crippen LogP contribution in [0.4, 0.5) is 4.79 Å². The van der Waals surface area contributed by atoms with Crippen LogP contribution in [0.2, 0.25) is 0 Å². The van der Waals surface area contributed by atoms with Crippen LogP contribution < -0.4 is 5.32 Å². The molecule has 4 nitrogen and oxygen atoms in total. The van der Waals surface area contributed by atoms with Gasteiger partial charge in [-0.15, -0.1) is 0 Å². The summed E-state index contributed by atoms with van der Waals surface area (Å²) >= 11 is 0. The van der Waals surface area contributed by atoms with Gasteiger partial charge in [-0.2, -0.15) is 0 Å². The molecule has 0 spiro atoms. The monoisotopic (exact) mass is 261 g/mol. The molecule has 0 saturated carbocycles. The number of rotatable bonds is 6. The molecule has 0 aromatic carbocycles. The van der Waals surface area contributed by atoms with Crippen LogP contribution in [0.5, 0.6) is 0 Å². The number of urea groups is 1. The predicted octanol–water partition coefficient (Wildman–Crippen LogP) is 2.97. The first-order valence-corrected chi connectivity index (χ1v) is 6.77. The number of carbonyl (C=O) groups excluding carboxylic acids is 1. The van der Waals surface area contributed by atoms with Gasteiger partial charge in [0.05, 0.1) is 0 Å². The zero-order valence-corrected chi connectivity index (χ0v) is 12.0. The quantitative estimate of drug-likeness (QED) is 0.855. The minimum atomic E-state index is -0.0376. The Bertz CT molecular complexity index is 415. The van der Waals surface area contributed by atoms with Gasteiger partial charge in [-0.3, -0.25) is 4.98 Å². The lowest BCUT2D eigenvalue weighted by molar-refractivity contribution is 0.205. The molecule has 1 aromatic rings. The highest BCUT2D eigenvalue weighted by Gasteiger charge is 2.09. The summed E-state index contributed by atoms with van der Waals surface area (Å²) in [7, 11) is 0. The number of hydrogen-bond acceptors (Lipinski definition) is 2. The minimum absolute atomic E-state index is 0.0376. The maximum absolute atomic E-state index is 12.0. The van der Waals surface area contributed by atoms with E-state index in [0.717, 1.165) is 12.8 Å². The van der Waals surface area contributed by atoms with Crippen molar-refractivity contribution in [2.45, 2.75) is 33.6 Å². The summed E-state index contributed by atoms with van der Waals surface area (Å²) in [5.41, 5.74) is 2.36. The minimum Gasteiger partial charge on any atom is -0.324 e. The molecule has 1 rings (SSSR count). The zero-order chi connectivity index (χ0) is 14.1. The molecule has 0 unspecified atom stereocenters. The molecule has 0 bridgehead atoms. The fraction of sp³-hybridized carbons (Fsp3) is 0.467. The summed E-state index contributed by atoms with van der Waals surface area (Å²) < 4.78 is 0. The molecule has 0 aliphatic heterocycles. The van der Waals surface area contributed by atoms with Crippen LogP contribution in [-0.2, 0) is 6.42 Å². The number of aromatic nitrogens is 1. The Kier molecular flexibility index (Phi) is 6.64. The van der Waals surface area contributed by atoms with E-state index in [9.17, 15) is 4.79 Å². The van der Waals surface area contributed by atoms with Gasteiger partial charge in [0.1, 0.15) is 0 Å². The molecule has 2 amide bonds. The molecular weight excluding hydrogens is 238 g/mol. The Balaban J connectivity index is 2.47. The van der Waals surface area contributed by atoms with Crippen LogP contribution in [0.3, 0.4) is 0 Å². The second-order valence-electron chi connectivity index (χ2n) is 4.48. The Morgan fingerprint density at radius 3 is 2.63 bits per heavy atom. The van der Waals surface area contributed by atoms with Crippen molar-refractivity contribution in [3.8, 4) is 0 Å². The highest BCUT2D eigenvalue weighted by Crippen LogP contribution is 2.01. The number of nitrogens with one attached hydrogen (secondary N) is 1. The second-order valence-corrected chi connectivity index (χ2v) is 4.48. The molecule has 0 atom stereocenters. The number of likely N-dealkylation sites (N-methyl/N-ethyl adjacent to an activating group) is 1. The first-order valence-electron chi connectivity index (χ1n) is 6.77. The van der Waals surface area contributed by atoms with Crippen molar-refractivity contribution < 1.29 is 4.79 Å². The van der Waals surface area contributed by atoms with Crippen molar-refractivity contribution in [1.29, 1.82) is 0 Å². The highest BCUT2D eigenvalue weighted by molar-refractivity contribution is 5.75. The molecule has 0 radical (unpaired) electrons. The van der Waals surface area contributed by atoms with E-state index < -0.39 is 0 Å². The Morgan fingerprint density at radius 2 is 2.05 bits per heavy atom. The summed E-state index contributed by atoms with van der Waals surface area (Å²) in [6.45, 7) is 7.48. The first-order chi connectivity index (χ1) is 9.17. The molecule has 1 N–H and O–H groups in total. The second kappa shape index (κ2) is 8.29. The van der Waals surface area contributed by atoms with E-state index in [1.165, 1.54) is 11.1 Å². The lowest BCUT2D eigenvalue weighted by atomic mass is 10.2. The smallest absolute Gasteiger partial charge is 0.321 e. The van der Waals surface area contributed by atoms with Crippen LogP contribution >= 0.6 is 0 Å². The average Bonchev–Trinajstić information content (AvgIpc) is 2.46. The first kappa shape index (κ1) is 15.2. The van der Waals surface area contributed by atoms with Crippen LogP contribution in [-0.4, -0.2) is 29.0 Å². The summed E-state index contributed by atoms with van der Waals surface area (Å²) in [4.78, 5) is 17.8. The van der Waals surface area contributed by atoms with Gasteiger partial charge in [-0.25, -0.2) is 4.79 Å². The van der Waals surface area contributed by atoms with E-state index in [0.29, 0.717) is 13.1 Å². The molecule has 0 aliphatic carbocycles. The highest BCUT2D eigenvalue weighted by atomic mass is 16.2. The van der Waals surface area contributed by atoms with Crippen LogP contribution in [0, 0.1) is 0 Å². The third kappa shape index (κ3) is 5.55. The van der Waals surface area contributed by atoms with Gasteiger partial charge >= 0.3 is 6.03 Å². The normalized spacial score (nSPS) is 11.2. The van der Waals surface area contributed by atoms with Crippen molar-refractivity contribution in [1.82, 2.24) is 15.2 Å². The standard InChI is InChI=1S/C15H23N3O/c1-4-13(3)12-17-15(19)18(5-2)11-8-14-6-9-16-10-7-14/h6-7,9-10,12H,4-5,8,11H2,1-3H3,(H,17,19)/b13-12+. The van der Waals surface area contributed by atoms with Crippen molar-refractivity contribution in [2.75, 3.05) is 13.1 Å². The number of allylic oxidation sites excluding steroid dienone is 1. The largest absolute Gasteiger partial charge is 0.324 e. The fourth-order valence-corrected chi connectivity index (χ4v) is 1.60. The van der Waals surface area contributed by atoms with Gasteiger partial charge in [-0.1, -0.05) is 12.5 Å². The van der Waals surface area contributed by atoms with E-state index in [1.54, 1.807) is 23.5 Å². The molecular formula is C15H23N3O. The predicted molar refractivity (Wildman–Crippen MR) is 77.8 cm³/mol. The Hall–Kier alpha value is -1.84. The van der Waals surface area contributed by atoms with Gasteiger partial charge in [-0.05, 0) is 44.4 Å². The van der Waals surface area contributed by atoms with E-state index >= 15 is 0 Å². The molecule has 4 heteroatoms. The number of nitrogens with zero attached hydrogens (tertiary/aromatic N) is 2. The Labute approximate surface area is 115 Å². The number of hydrogen-bond donors (Lipinski definition) is 1. The van der Waals surface area contributed by atoms with Crippen molar-refractivity contribution >= 4 is 6.03 Å². The molecule has 104 valence electrons. The van der Waals surface area contributed by atoms with Crippen molar-refractivity contribution in [3.05, 3.63) is 41.9 Å². The van der Waals surface area contributed by atoms with E-state index in [1.807, 2.05) is 26.0 Å². The van der Waals surface area contributed by atoms with Gasteiger partial charge in [0, 0.05) is 31.7 Å². The van der Waals surface area contributed by atoms with Gasteiger partial charge in [0.2, 0.25) is 0 Å². The van der Waals surface area contributed by atoms with E-state index in [-0.39, 0.29) is 6.03 Å². The summed E-state index contributed by atoms with van der Waals surface area (Å²) in [5.74, 6) is 0. The summed E-state index contributed by atoms with van der Waals surface area (Å²) in [5, 5.41) is 2.83. The van der Waals surface area contributed by atoms with Crippen LogP contribution in [0.1, 0.15) is 32.8 Å². The molecule has 1 aromatic heterocycles. The van der Waals surface area contributed by atoms with Gasteiger partial charge < -0.3 is 10.2 Å². The van der Waals surface area contributed by atoms with E-state index in [4.69, 9.17) is 0 Å². The molecule has 19 heavy (non-hydrogen) atoms. The van der Waals surface area contributed by atoms with Crippen molar-refractivity contribution in [2.24, 2.45) is 0 Å².